The molecule has 0 unspecified atom stereocenters. The topological polar surface area (TPSA) is 23.5 Å². The van der Waals surface area contributed by atoms with E-state index in [1.54, 1.807) is 0 Å². The number of halogens is 1. The molecule has 2 nitrogen and oxygen atoms in total. The molecule has 82 valence electrons. The molecule has 1 saturated heterocycles. The van der Waals surface area contributed by atoms with E-state index in [4.69, 9.17) is 16.7 Å². The molecule has 1 heterocycles. The second kappa shape index (κ2) is 4.97. The molecule has 1 aliphatic rings. The average molecular weight is 226 g/mol. The zero-order valence-corrected chi connectivity index (χ0v) is 9.45. The fourth-order valence-electron chi connectivity index (χ4n) is 1.95. The van der Waals surface area contributed by atoms with Crippen molar-refractivity contribution in [2.24, 2.45) is 5.92 Å². The highest BCUT2D eigenvalue weighted by Gasteiger charge is 2.24. The molecule has 0 amide bonds. The molecule has 0 aromatic heterocycles. The zero-order valence-electron chi connectivity index (χ0n) is 8.69. The molecule has 1 aliphatic heterocycles. The smallest absolute Gasteiger partial charge is 0.0483 e. The third-order valence-electron chi connectivity index (χ3n) is 2.90. The number of hydrogen-bond acceptors (Lipinski definition) is 2. The van der Waals surface area contributed by atoms with E-state index in [0.29, 0.717) is 12.5 Å². The van der Waals surface area contributed by atoms with Crippen molar-refractivity contribution in [3.63, 3.8) is 0 Å². The minimum atomic E-state index is 0.327. The lowest BCUT2D eigenvalue weighted by Crippen LogP contribution is -2.48. The van der Waals surface area contributed by atoms with Crippen LogP contribution in [0, 0.1) is 5.92 Å². The SMILES string of the molecule is OCC1CN(CCc2cccc(Cl)c2)C1. The first kappa shape index (κ1) is 10.9. The Kier molecular flexibility index (Phi) is 3.62. The third-order valence-corrected chi connectivity index (χ3v) is 3.13. The molecule has 1 N–H and O–H groups in total. The summed E-state index contributed by atoms with van der Waals surface area (Å²) in [7, 11) is 0. The fourth-order valence-corrected chi connectivity index (χ4v) is 2.17. The van der Waals surface area contributed by atoms with Crippen LogP contribution in [0.25, 0.3) is 0 Å². The van der Waals surface area contributed by atoms with Gasteiger partial charge in [-0.25, -0.2) is 0 Å². The normalized spacial score (nSPS) is 17.7. The lowest BCUT2D eigenvalue weighted by molar-refractivity contribution is 0.0551. The van der Waals surface area contributed by atoms with Crippen molar-refractivity contribution in [3.8, 4) is 0 Å². The minimum absolute atomic E-state index is 0.327. The van der Waals surface area contributed by atoms with Crippen molar-refractivity contribution in [2.45, 2.75) is 6.42 Å². The number of nitrogens with zero attached hydrogens (tertiary/aromatic N) is 1. The second-order valence-electron chi connectivity index (χ2n) is 4.19. The van der Waals surface area contributed by atoms with Gasteiger partial charge >= 0.3 is 0 Å². The molecule has 0 saturated carbocycles. The number of aliphatic hydroxyl groups is 1. The molecule has 1 aromatic carbocycles. The lowest BCUT2D eigenvalue weighted by atomic mass is 10.0. The maximum Gasteiger partial charge on any atom is 0.0483 e. The maximum absolute atomic E-state index is 8.88. The number of likely N-dealkylation sites (tertiary alicyclic amines) is 1. The Hall–Kier alpha value is -0.570. The predicted octanol–water partition coefficient (Wildman–Crippen LogP) is 1.81. The monoisotopic (exact) mass is 225 g/mol. The molecule has 0 aliphatic carbocycles. The summed E-state index contributed by atoms with van der Waals surface area (Å²) in [5.41, 5.74) is 1.29. The Morgan fingerprint density at radius 3 is 2.87 bits per heavy atom. The number of aliphatic hydroxyl groups excluding tert-OH is 1. The van der Waals surface area contributed by atoms with Crippen LogP contribution in [0.5, 0.6) is 0 Å². The van der Waals surface area contributed by atoms with E-state index >= 15 is 0 Å². The van der Waals surface area contributed by atoms with Gasteiger partial charge in [-0.1, -0.05) is 23.7 Å². The van der Waals surface area contributed by atoms with E-state index < -0.39 is 0 Å². The molecule has 15 heavy (non-hydrogen) atoms. The van der Waals surface area contributed by atoms with Crippen molar-refractivity contribution >= 4 is 11.6 Å². The van der Waals surface area contributed by atoms with Crippen molar-refractivity contribution in [3.05, 3.63) is 34.9 Å². The van der Waals surface area contributed by atoms with Gasteiger partial charge in [-0.2, -0.15) is 0 Å². The summed E-state index contributed by atoms with van der Waals surface area (Å²) in [4.78, 5) is 2.36. The highest BCUT2D eigenvalue weighted by Crippen LogP contribution is 2.16. The van der Waals surface area contributed by atoms with Gasteiger partial charge in [0, 0.05) is 37.2 Å². The van der Waals surface area contributed by atoms with Crippen LogP contribution in [-0.2, 0) is 6.42 Å². The van der Waals surface area contributed by atoms with Crippen LogP contribution in [0.2, 0.25) is 5.02 Å². The van der Waals surface area contributed by atoms with E-state index in [1.807, 2.05) is 18.2 Å². The molecule has 3 heteroatoms. The highest BCUT2D eigenvalue weighted by molar-refractivity contribution is 6.30. The zero-order chi connectivity index (χ0) is 10.7. The third kappa shape index (κ3) is 2.94. The summed E-state index contributed by atoms with van der Waals surface area (Å²) < 4.78 is 0. The van der Waals surface area contributed by atoms with Crippen molar-refractivity contribution in [1.29, 1.82) is 0 Å². The van der Waals surface area contributed by atoms with Crippen LogP contribution in [0.4, 0.5) is 0 Å². The molecule has 2 rings (SSSR count). The molecular formula is C12H16ClNO. The molecule has 0 bridgehead atoms. The average Bonchev–Trinajstić information content (AvgIpc) is 2.16. The fraction of sp³-hybridized carbons (Fsp3) is 0.500. The Morgan fingerprint density at radius 2 is 2.20 bits per heavy atom. The second-order valence-corrected chi connectivity index (χ2v) is 4.62. The largest absolute Gasteiger partial charge is 0.396 e. The van der Waals surface area contributed by atoms with E-state index in [2.05, 4.69) is 11.0 Å². The highest BCUT2D eigenvalue weighted by atomic mass is 35.5. The Bertz CT molecular complexity index is 323. The molecular weight excluding hydrogens is 210 g/mol. The van der Waals surface area contributed by atoms with Crippen LogP contribution in [-0.4, -0.2) is 36.2 Å². The van der Waals surface area contributed by atoms with Crippen LogP contribution in [0.1, 0.15) is 5.56 Å². The van der Waals surface area contributed by atoms with Gasteiger partial charge in [0.2, 0.25) is 0 Å². The van der Waals surface area contributed by atoms with Crippen molar-refractivity contribution < 1.29 is 5.11 Å². The molecule has 1 aromatic rings. The quantitative estimate of drug-likeness (QED) is 0.845. The first-order chi connectivity index (χ1) is 7.28. The lowest BCUT2D eigenvalue weighted by Gasteiger charge is -2.38. The molecule has 0 atom stereocenters. The first-order valence-corrected chi connectivity index (χ1v) is 5.73. The van der Waals surface area contributed by atoms with E-state index in [-0.39, 0.29) is 0 Å². The van der Waals surface area contributed by atoms with Gasteiger partial charge in [-0.05, 0) is 24.1 Å². The molecule has 1 fully saturated rings. The summed E-state index contributed by atoms with van der Waals surface area (Å²) in [5.74, 6) is 0.504. The Balaban J connectivity index is 1.75. The number of benzene rings is 1. The first-order valence-electron chi connectivity index (χ1n) is 5.35. The van der Waals surface area contributed by atoms with Gasteiger partial charge < -0.3 is 10.0 Å². The van der Waals surface area contributed by atoms with Crippen molar-refractivity contribution in [1.82, 2.24) is 4.90 Å². The van der Waals surface area contributed by atoms with Crippen molar-refractivity contribution in [2.75, 3.05) is 26.2 Å². The number of hydrogen-bond donors (Lipinski definition) is 1. The van der Waals surface area contributed by atoms with Gasteiger partial charge in [0.1, 0.15) is 0 Å². The van der Waals surface area contributed by atoms with Crippen LogP contribution >= 0.6 is 11.6 Å². The Labute approximate surface area is 95.5 Å². The van der Waals surface area contributed by atoms with E-state index in [0.717, 1.165) is 31.1 Å². The summed E-state index contributed by atoms with van der Waals surface area (Å²) in [6.45, 7) is 3.47. The standard InChI is InChI=1S/C12H16ClNO/c13-12-3-1-2-10(6-12)4-5-14-7-11(8-14)9-15/h1-3,6,11,15H,4-5,7-9H2. The molecule has 0 spiro atoms. The predicted molar refractivity (Wildman–Crippen MR) is 62.2 cm³/mol. The van der Waals surface area contributed by atoms with Gasteiger partial charge in [-0.15, -0.1) is 0 Å². The summed E-state index contributed by atoms with van der Waals surface area (Å²) in [6, 6.07) is 8.01. The summed E-state index contributed by atoms with van der Waals surface area (Å²) >= 11 is 5.91. The van der Waals surface area contributed by atoms with Gasteiger partial charge in [0.05, 0.1) is 0 Å². The van der Waals surface area contributed by atoms with Crippen LogP contribution < -0.4 is 0 Å². The summed E-state index contributed by atoms with van der Waals surface area (Å²) in [5, 5.41) is 9.69. The van der Waals surface area contributed by atoms with Crippen LogP contribution in [0.15, 0.2) is 24.3 Å². The number of rotatable bonds is 4. The van der Waals surface area contributed by atoms with E-state index in [9.17, 15) is 0 Å². The van der Waals surface area contributed by atoms with Crippen LogP contribution in [0.3, 0.4) is 0 Å². The van der Waals surface area contributed by atoms with Gasteiger partial charge in [0.25, 0.3) is 0 Å². The summed E-state index contributed by atoms with van der Waals surface area (Å²) in [6.07, 6.45) is 1.04. The Morgan fingerprint density at radius 1 is 1.40 bits per heavy atom. The van der Waals surface area contributed by atoms with Gasteiger partial charge in [-0.3, -0.25) is 0 Å². The maximum atomic E-state index is 8.88. The minimum Gasteiger partial charge on any atom is -0.396 e. The molecule has 0 radical (unpaired) electrons. The van der Waals surface area contributed by atoms with Gasteiger partial charge in [0.15, 0.2) is 0 Å². The van der Waals surface area contributed by atoms with E-state index in [1.165, 1.54) is 5.56 Å².